The van der Waals surface area contributed by atoms with Crippen LogP contribution in [0.5, 0.6) is 17.2 Å². The minimum atomic E-state index is -1.37. The van der Waals surface area contributed by atoms with Crippen molar-refractivity contribution < 1.29 is 28.5 Å². The number of rotatable bonds is 4. The number of fused-ring (bicyclic) bond motifs is 1. The summed E-state index contributed by atoms with van der Waals surface area (Å²) >= 11 is 0. The quantitative estimate of drug-likeness (QED) is 0.938. The molecule has 1 aliphatic rings. The maximum Gasteiger partial charge on any atom is 0.342 e. The van der Waals surface area contributed by atoms with Crippen LogP contribution in [0.3, 0.4) is 0 Å². The van der Waals surface area contributed by atoms with Gasteiger partial charge in [-0.25, -0.2) is 9.18 Å². The highest BCUT2D eigenvalue weighted by atomic mass is 19.1. The van der Waals surface area contributed by atoms with Crippen molar-refractivity contribution in [2.24, 2.45) is 0 Å². The second-order valence-electron chi connectivity index (χ2n) is 4.39. The van der Waals surface area contributed by atoms with Gasteiger partial charge in [-0.2, -0.15) is 0 Å². The zero-order valence-electron chi connectivity index (χ0n) is 10.8. The number of carbonyl (C=O) groups is 1. The minimum Gasteiger partial charge on any atom is -0.488 e. The number of aromatic carboxylic acids is 1. The van der Waals surface area contributed by atoms with Crippen molar-refractivity contribution in [1.82, 2.24) is 0 Å². The van der Waals surface area contributed by atoms with Gasteiger partial charge in [0.2, 0.25) is 6.79 Å². The number of carboxylic acids is 1. The van der Waals surface area contributed by atoms with Gasteiger partial charge in [-0.3, -0.25) is 0 Å². The first-order chi connectivity index (χ1) is 10.1. The highest BCUT2D eigenvalue weighted by molar-refractivity contribution is 5.91. The molecule has 0 atom stereocenters. The molecular weight excluding hydrogens is 279 g/mol. The SMILES string of the molecule is O=C(O)c1c(F)cccc1OCc1ccc2c(c1)OCO2. The number of halogens is 1. The van der Waals surface area contributed by atoms with E-state index in [1.54, 1.807) is 18.2 Å². The molecule has 108 valence electrons. The summed E-state index contributed by atoms with van der Waals surface area (Å²) in [6.07, 6.45) is 0. The Morgan fingerprint density at radius 2 is 2.05 bits per heavy atom. The first-order valence-electron chi connectivity index (χ1n) is 6.18. The smallest absolute Gasteiger partial charge is 0.342 e. The zero-order chi connectivity index (χ0) is 14.8. The van der Waals surface area contributed by atoms with Crippen LogP contribution in [0.1, 0.15) is 15.9 Å². The number of hydrogen-bond acceptors (Lipinski definition) is 4. The van der Waals surface area contributed by atoms with Gasteiger partial charge >= 0.3 is 5.97 Å². The molecule has 1 heterocycles. The van der Waals surface area contributed by atoms with Crippen LogP contribution in [0.4, 0.5) is 4.39 Å². The van der Waals surface area contributed by atoms with Crippen molar-refractivity contribution in [3.05, 3.63) is 53.3 Å². The van der Waals surface area contributed by atoms with Crippen molar-refractivity contribution in [2.45, 2.75) is 6.61 Å². The average molecular weight is 290 g/mol. The molecule has 0 radical (unpaired) electrons. The summed E-state index contributed by atoms with van der Waals surface area (Å²) in [5.41, 5.74) is 0.290. The summed E-state index contributed by atoms with van der Waals surface area (Å²) in [6, 6.07) is 9.15. The van der Waals surface area contributed by atoms with Gasteiger partial charge in [0, 0.05) is 0 Å². The molecule has 1 aliphatic heterocycles. The van der Waals surface area contributed by atoms with Crippen LogP contribution < -0.4 is 14.2 Å². The van der Waals surface area contributed by atoms with E-state index in [2.05, 4.69) is 0 Å². The number of benzene rings is 2. The van der Waals surface area contributed by atoms with E-state index in [0.717, 1.165) is 11.6 Å². The molecule has 0 amide bonds. The molecule has 0 aromatic heterocycles. The molecule has 2 aromatic rings. The van der Waals surface area contributed by atoms with Crippen LogP contribution in [0.25, 0.3) is 0 Å². The molecule has 21 heavy (non-hydrogen) atoms. The molecule has 0 unspecified atom stereocenters. The Balaban J connectivity index is 1.79. The summed E-state index contributed by atoms with van der Waals surface area (Å²) in [4.78, 5) is 11.1. The molecule has 6 heteroatoms. The maximum absolute atomic E-state index is 13.5. The predicted molar refractivity (Wildman–Crippen MR) is 70.3 cm³/mol. The summed E-state index contributed by atoms with van der Waals surface area (Å²) < 4.78 is 29.3. The Bertz CT molecular complexity index is 698. The summed E-state index contributed by atoms with van der Waals surface area (Å²) in [7, 11) is 0. The molecule has 0 saturated carbocycles. The first-order valence-corrected chi connectivity index (χ1v) is 6.18. The minimum absolute atomic E-state index is 0.0137. The van der Waals surface area contributed by atoms with Gasteiger partial charge in [0.25, 0.3) is 0 Å². The van der Waals surface area contributed by atoms with E-state index in [1.807, 2.05) is 0 Å². The molecule has 0 bridgehead atoms. The lowest BCUT2D eigenvalue weighted by Crippen LogP contribution is -2.06. The standard InChI is InChI=1S/C15H11FO5/c16-10-2-1-3-12(14(10)15(17)18)19-7-9-4-5-11-13(6-9)21-8-20-11/h1-6H,7-8H2,(H,17,18). The fraction of sp³-hybridized carbons (Fsp3) is 0.133. The topological polar surface area (TPSA) is 65.0 Å². The lowest BCUT2D eigenvalue weighted by molar-refractivity contribution is 0.0686. The van der Waals surface area contributed by atoms with Gasteiger partial charge in [0.15, 0.2) is 11.5 Å². The van der Waals surface area contributed by atoms with Crippen LogP contribution in [-0.2, 0) is 6.61 Å². The van der Waals surface area contributed by atoms with Crippen LogP contribution in [0, 0.1) is 5.82 Å². The highest BCUT2D eigenvalue weighted by Crippen LogP contribution is 2.33. The lowest BCUT2D eigenvalue weighted by atomic mass is 10.2. The Morgan fingerprint density at radius 1 is 1.24 bits per heavy atom. The molecular formula is C15H11FO5. The molecule has 3 rings (SSSR count). The second kappa shape index (κ2) is 5.32. The maximum atomic E-state index is 13.5. The van der Waals surface area contributed by atoms with Crippen molar-refractivity contribution in [3.63, 3.8) is 0 Å². The lowest BCUT2D eigenvalue weighted by Gasteiger charge is -2.10. The van der Waals surface area contributed by atoms with E-state index in [9.17, 15) is 9.18 Å². The van der Waals surface area contributed by atoms with Gasteiger partial charge in [0.1, 0.15) is 23.7 Å². The van der Waals surface area contributed by atoms with E-state index in [4.69, 9.17) is 19.3 Å². The van der Waals surface area contributed by atoms with Crippen LogP contribution in [-0.4, -0.2) is 17.9 Å². The third kappa shape index (κ3) is 2.60. The highest BCUT2D eigenvalue weighted by Gasteiger charge is 2.18. The number of hydrogen-bond donors (Lipinski definition) is 1. The number of ether oxygens (including phenoxy) is 3. The van der Waals surface area contributed by atoms with Gasteiger partial charge < -0.3 is 19.3 Å². The second-order valence-corrected chi connectivity index (χ2v) is 4.39. The van der Waals surface area contributed by atoms with E-state index < -0.39 is 17.3 Å². The molecule has 5 nitrogen and oxygen atoms in total. The van der Waals surface area contributed by atoms with Crippen molar-refractivity contribution in [1.29, 1.82) is 0 Å². The Kier molecular flexibility index (Phi) is 3.35. The molecule has 0 aliphatic carbocycles. The fourth-order valence-electron chi connectivity index (χ4n) is 2.02. The Labute approximate surface area is 119 Å². The first kappa shape index (κ1) is 13.2. The third-order valence-corrected chi connectivity index (χ3v) is 3.02. The van der Waals surface area contributed by atoms with Crippen LogP contribution >= 0.6 is 0 Å². The van der Waals surface area contributed by atoms with Crippen molar-refractivity contribution in [2.75, 3.05) is 6.79 Å². The van der Waals surface area contributed by atoms with Crippen LogP contribution in [0.2, 0.25) is 0 Å². The molecule has 1 N–H and O–H groups in total. The van der Waals surface area contributed by atoms with Gasteiger partial charge in [0.05, 0.1) is 0 Å². The summed E-state index contributed by atoms with van der Waals surface area (Å²) in [5, 5.41) is 9.01. The molecule has 0 saturated heterocycles. The van der Waals surface area contributed by atoms with E-state index in [0.29, 0.717) is 11.5 Å². The largest absolute Gasteiger partial charge is 0.488 e. The third-order valence-electron chi connectivity index (χ3n) is 3.02. The zero-order valence-corrected chi connectivity index (χ0v) is 10.8. The van der Waals surface area contributed by atoms with E-state index in [-0.39, 0.29) is 19.1 Å². The molecule has 0 fully saturated rings. The van der Waals surface area contributed by atoms with E-state index >= 15 is 0 Å². The van der Waals surface area contributed by atoms with E-state index in [1.165, 1.54) is 12.1 Å². The van der Waals surface area contributed by atoms with Crippen LogP contribution in [0.15, 0.2) is 36.4 Å². The Hall–Kier alpha value is -2.76. The summed E-state index contributed by atoms with van der Waals surface area (Å²) in [5.74, 6) is -0.954. The van der Waals surface area contributed by atoms with Crippen molar-refractivity contribution >= 4 is 5.97 Å². The molecule has 2 aromatic carbocycles. The van der Waals surface area contributed by atoms with Gasteiger partial charge in [-0.1, -0.05) is 12.1 Å². The van der Waals surface area contributed by atoms with Gasteiger partial charge in [-0.15, -0.1) is 0 Å². The monoisotopic (exact) mass is 290 g/mol. The normalized spacial score (nSPS) is 12.2. The average Bonchev–Trinajstić information content (AvgIpc) is 2.92. The number of carboxylic acid groups (broad SMARTS) is 1. The van der Waals surface area contributed by atoms with Crippen molar-refractivity contribution in [3.8, 4) is 17.2 Å². The van der Waals surface area contributed by atoms with Gasteiger partial charge in [-0.05, 0) is 29.8 Å². The molecule has 0 spiro atoms. The fourth-order valence-corrected chi connectivity index (χ4v) is 2.02. The summed E-state index contributed by atoms with van der Waals surface area (Å²) in [6.45, 7) is 0.271. The Morgan fingerprint density at radius 3 is 2.86 bits per heavy atom. The predicted octanol–water partition coefficient (Wildman–Crippen LogP) is 2.83.